The van der Waals surface area contributed by atoms with E-state index in [1.54, 1.807) is 13.8 Å². The molecule has 1 aromatic heterocycles. The Labute approximate surface area is 247 Å². The van der Waals surface area contributed by atoms with Crippen LogP contribution in [0.15, 0.2) is 42.1 Å². The molecule has 0 fully saturated rings. The highest BCUT2D eigenvalue weighted by Crippen LogP contribution is 2.28. The summed E-state index contributed by atoms with van der Waals surface area (Å²) in [5.41, 5.74) is 12.3. The third kappa shape index (κ3) is 9.49. The van der Waals surface area contributed by atoms with E-state index in [0.29, 0.717) is 23.1 Å². The number of nitrogens with zero attached hydrogens (tertiary/aromatic N) is 2. The molecule has 5 nitrogen and oxygen atoms in total. The maximum atomic E-state index is 12.2. The van der Waals surface area contributed by atoms with Crippen LogP contribution in [0.4, 0.5) is 0 Å². The third-order valence-corrected chi connectivity index (χ3v) is 7.40. The lowest BCUT2D eigenvalue weighted by molar-refractivity contribution is -0.111. The molecule has 0 amide bonds. The first-order chi connectivity index (χ1) is 19.0. The van der Waals surface area contributed by atoms with Gasteiger partial charge in [0.1, 0.15) is 5.82 Å². The van der Waals surface area contributed by atoms with Crippen LogP contribution in [0.25, 0.3) is 16.6 Å². The maximum Gasteiger partial charge on any atom is 0.162 e. The summed E-state index contributed by atoms with van der Waals surface area (Å²) in [5.74, 6) is 1.98. The van der Waals surface area contributed by atoms with Crippen molar-refractivity contribution in [1.82, 2.24) is 9.55 Å². The van der Waals surface area contributed by atoms with Crippen molar-refractivity contribution in [2.75, 3.05) is 13.2 Å². The number of fused-ring (bicyclic) bond motifs is 1. The molecule has 0 aliphatic carbocycles. The van der Waals surface area contributed by atoms with Crippen LogP contribution in [0.3, 0.4) is 0 Å². The molecular weight excluding hydrogens is 518 g/mol. The molecule has 6 heteroatoms. The van der Waals surface area contributed by atoms with E-state index in [4.69, 9.17) is 27.1 Å². The highest BCUT2D eigenvalue weighted by atomic mass is 35.5. The molecule has 1 unspecified atom stereocenters. The Bertz CT molecular complexity index is 1270. The molecule has 2 aromatic carbocycles. The Morgan fingerprint density at radius 2 is 1.68 bits per heavy atom. The van der Waals surface area contributed by atoms with Crippen LogP contribution < -0.4 is 5.73 Å². The Morgan fingerprint density at radius 3 is 2.20 bits per heavy atom. The van der Waals surface area contributed by atoms with Crippen molar-refractivity contribution < 1.29 is 9.53 Å². The summed E-state index contributed by atoms with van der Waals surface area (Å²) in [6.45, 7) is 19.1. The van der Waals surface area contributed by atoms with Gasteiger partial charge >= 0.3 is 0 Å². The first kappa shape index (κ1) is 33.6. The van der Waals surface area contributed by atoms with Crippen molar-refractivity contribution in [2.45, 2.75) is 100.0 Å². The summed E-state index contributed by atoms with van der Waals surface area (Å²) >= 11 is 6.52. The zero-order valence-corrected chi connectivity index (χ0v) is 26.7. The number of carbonyl (C=O) groups excluding carboxylic acids is 1. The van der Waals surface area contributed by atoms with Gasteiger partial charge in [0.05, 0.1) is 11.0 Å². The van der Waals surface area contributed by atoms with Crippen LogP contribution in [-0.2, 0) is 28.9 Å². The zero-order valence-electron chi connectivity index (χ0n) is 25.9. The predicted octanol–water partition coefficient (Wildman–Crippen LogP) is 8.75. The van der Waals surface area contributed by atoms with Gasteiger partial charge in [0.25, 0.3) is 0 Å². The van der Waals surface area contributed by atoms with E-state index in [0.717, 1.165) is 79.3 Å². The highest BCUT2D eigenvalue weighted by Gasteiger charge is 2.17. The Hall–Kier alpha value is -2.63. The molecule has 40 heavy (non-hydrogen) atoms. The van der Waals surface area contributed by atoms with E-state index >= 15 is 0 Å². The highest BCUT2D eigenvalue weighted by molar-refractivity contribution is 6.31. The summed E-state index contributed by atoms with van der Waals surface area (Å²) in [6.07, 6.45) is 5.07. The fourth-order valence-corrected chi connectivity index (χ4v) is 5.14. The van der Waals surface area contributed by atoms with Gasteiger partial charge in [-0.25, -0.2) is 4.98 Å². The van der Waals surface area contributed by atoms with Crippen LogP contribution in [0.2, 0.25) is 5.02 Å². The number of rotatable bonds is 13. The minimum absolute atomic E-state index is 0.0321. The number of ether oxygens (including phenoxy) is 1. The number of hydrogen-bond donors (Lipinski definition) is 1. The molecule has 0 bridgehead atoms. The van der Waals surface area contributed by atoms with Crippen molar-refractivity contribution in [3.8, 4) is 0 Å². The fraction of sp³-hybridized carbons (Fsp3) is 0.529. The molecule has 0 saturated heterocycles. The van der Waals surface area contributed by atoms with Crippen LogP contribution in [0.1, 0.15) is 103 Å². The van der Waals surface area contributed by atoms with Gasteiger partial charge in [0.15, 0.2) is 5.78 Å². The molecule has 1 heterocycles. The van der Waals surface area contributed by atoms with E-state index in [9.17, 15) is 4.79 Å². The number of nitrogens with two attached hydrogens (primary N) is 1. The molecule has 3 aromatic rings. The molecule has 2 N–H and O–H groups in total. The SMILES string of the molecule is CCC(C)Cn1c(CCc2ccc(C(C)C)c(Cl)c2)nc2cc(/C(C(C)=O)=C(\C)N)ccc21.CCCOCCC. The maximum absolute atomic E-state index is 12.2. The first-order valence-electron chi connectivity index (χ1n) is 14.9. The second kappa shape index (κ2) is 16.6. The number of Topliss-reactive ketones (excluding diaryl/α,β-unsaturated/α-hetero) is 1. The van der Waals surface area contributed by atoms with Crippen molar-refractivity contribution in [2.24, 2.45) is 11.7 Å². The van der Waals surface area contributed by atoms with Gasteiger partial charge in [-0.1, -0.05) is 77.8 Å². The van der Waals surface area contributed by atoms with Crippen molar-refractivity contribution in [1.29, 1.82) is 0 Å². The second-order valence-corrected chi connectivity index (χ2v) is 11.5. The average Bonchev–Trinajstić information content (AvgIpc) is 3.23. The van der Waals surface area contributed by atoms with Gasteiger partial charge in [-0.15, -0.1) is 0 Å². The fourth-order valence-electron chi connectivity index (χ4n) is 4.72. The van der Waals surface area contributed by atoms with Crippen molar-refractivity contribution >= 4 is 34.0 Å². The molecule has 220 valence electrons. The number of aryl methyl sites for hydroxylation is 2. The molecular formula is C34H50ClN3O2. The standard InChI is InChI=1S/C28H36ClN3O.C6H14O/c1-7-18(4)16-32-26-12-10-22(28(19(5)30)20(6)33)15-25(26)31-27(32)13-9-21-8-11-23(17(2)3)24(29)14-21;1-3-5-7-6-4-2/h8,10-12,14-15,17-18H,7,9,13,16,30H2,1-6H3;3-6H2,1-2H3/b28-19+;. The largest absolute Gasteiger partial charge is 0.402 e. The second-order valence-electron chi connectivity index (χ2n) is 11.1. The van der Waals surface area contributed by atoms with Gasteiger partial charge in [0, 0.05) is 42.5 Å². The number of benzene rings is 2. The lowest BCUT2D eigenvalue weighted by atomic mass is 10.00. The number of hydrogen-bond acceptors (Lipinski definition) is 4. The number of allylic oxidation sites excluding steroid dienone is 2. The first-order valence-corrected chi connectivity index (χ1v) is 15.2. The normalized spacial score (nSPS) is 12.8. The summed E-state index contributed by atoms with van der Waals surface area (Å²) in [7, 11) is 0. The van der Waals surface area contributed by atoms with Crippen molar-refractivity contribution in [3.05, 3.63) is 69.6 Å². The van der Waals surface area contributed by atoms with Crippen molar-refractivity contribution in [3.63, 3.8) is 0 Å². The van der Waals surface area contributed by atoms with Crippen LogP contribution >= 0.6 is 11.6 Å². The zero-order chi connectivity index (χ0) is 29.8. The monoisotopic (exact) mass is 567 g/mol. The van der Waals surface area contributed by atoms with E-state index in [1.165, 1.54) is 11.1 Å². The lowest BCUT2D eigenvalue weighted by Crippen LogP contribution is -2.11. The number of imidazole rings is 1. The van der Waals surface area contributed by atoms with Crippen LogP contribution in [0, 0.1) is 5.92 Å². The van der Waals surface area contributed by atoms with Crippen LogP contribution in [0.5, 0.6) is 0 Å². The Kier molecular flexibility index (Phi) is 13.9. The summed E-state index contributed by atoms with van der Waals surface area (Å²) in [5, 5.41) is 0.834. The minimum Gasteiger partial charge on any atom is -0.402 e. The topological polar surface area (TPSA) is 70.1 Å². The van der Waals surface area contributed by atoms with Gasteiger partial charge in [-0.05, 0) is 79.8 Å². The molecule has 0 saturated carbocycles. The summed E-state index contributed by atoms with van der Waals surface area (Å²) in [6, 6.07) is 12.5. The number of halogens is 1. The Balaban J connectivity index is 0.000000708. The van der Waals surface area contributed by atoms with E-state index in [-0.39, 0.29) is 5.78 Å². The average molecular weight is 568 g/mol. The lowest BCUT2D eigenvalue weighted by Gasteiger charge is -2.15. The third-order valence-electron chi connectivity index (χ3n) is 7.07. The van der Waals surface area contributed by atoms with Gasteiger partial charge in [-0.2, -0.15) is 0 Å². The molecule has 1 atom stereocenters. The molecule has 3 rings (SSSR count). The molecule has 0 spiro atoms. The van der Waals surface area contributed by atoms with E-state index in [2.05, 4.69) is 70.4 Å². The smallest absolute Gasteiger partial charge is 0.162 e. The van der Waals surface area contributed by atoms with Gasteiger partial charge in [0.2, 0.25) is 0 Å². The van der Waals surface area contributed by atoms with E-state index < -0.39 is 0 Å². The van der Waals surface area contributed by atoms with Gasteiger partial charge < -0.3 is 15.0 Å². The quantitative estimate of drug-likeness (QED) is 0.165. The van der Waals surface area contributed by atoms with E-state index in [1.807, 2.05) is 12.1 Å². The number of ketones is 1. The number of carbonyl (C=O) groups is 1. The Morgan fingerprint density at radius 1 is 1.00 bits per heavy atom. The predicted molar refractivity (Wildman–Crippen MR) is 171 cm³/mol. The van der Waals surface area contributed by atoms with Crippen LogP contribution in [-0.4, -0.2) is 28.5 Å². The molecule has 0 aliphatic heterocycles. The summed E-state index contributed by atoms with van der Waals surface area (Å²) < 4.78 is 7.47. The molecule has 0 aliphatic rings. The minimum atomic E-state index is -0.0321. The molecule has 0 radical (unpaired) electrons. The van der Waals surface area contributed by atoms with Gasteiger partial charge in [-0.3, -0.25) is 4.79 Å². The summed E-state index contributed by atoms with van der Waals surface area (Å²) in [4.78, 5) is 17.2. The number of aromatic nitrogens is 2.